The molecule has 0 radical (unpaired) electrons. The Morgan fingerprint density at radius 2 is 1.70 bits per heavy atom. The molecule has 0 amide bonds. The van der Waals surface area contributed by atoms with E-state index in [0.717, 1.165) is 5.56 Å². The molecule has 0 saturated carbocycles. The van der Waals surface area contributed by atoms with Crippen molar-refractivity contribution >= 4 is 11.9 Å². The molecule has 1 aromatic heterocycles. The summed E-state index contributed by atoms with van der Waals surface area (Å²) in [6.45, 7) is 0. The van der Waals surface area contributed by atoms with Gasteiger partial charge in [-0.3, -0.25) is 0 Å². The molecule has 7 nitrogen and oxygen atoms in total. The molecule has 0 saturated heterocycles. The van der Waals surface area contributed by atoms with E-state index in [9.17, 15) is 14.7 Å². The lowest BCUT2D eigenvalue weighted by Crippen LogP contribution is -2.08. The fourth-order valence-corrected chi connectivity index (χ4v) is 2.16. The van der Waals surface area contributed by atoms with Gasteiger partial charge in [-0.1, -0.05) is 35.5 Å². The monoisotopic (exact) mass is 309 g/mol. The van der Waals surface area contributed by atoms with Crippen molar-refractivity contribution in [1.29, 1.82) is 0 Å². The van der Waals surface area contributed by atoms with E-state index < -0.39 is 11.9 Å². The average molecular weight is 309 g/mol. The minimum Gasteiger partial charge on any atom is -0.478 e. The van der Waals surface area contributed by atoms with E-state index >= 15 is 0 Å². The summed E-state index contributed by atoms with van der Waals surface area (Å²) in [4.78, 5) is 22.4. The highest BCUT2D eigenvalue weighted by molar-refractivity contribution is 5.95. The van der Waals surface area contributed by atoms with E-state index in [2.05, 4.69) is 10.3 Å². The van der Waals surface area contributed by atoms with Gasteiger partial charge in [-0.15, -0.1) is 5.10 Å². The summed E-state index contributed by atoms with van der Waals surface area (Å²) in [6, 6.07) is 13.0. The Labute approximate surface area is 130 Å². The Morgan fingerprint density at radius 1 is 0.957 bits per heavy atom. The highest BCUT2D eigenvalue weighted by Crippen LogP contribution is 2.20. The van der Waals surface area contributed by atoms with Gasteiger partial charge in [0.25, 0.3) is 0 Å². The summed E-state index contributed by atoms with van der Waals surface area (Å²) < 4.78 is 1.26. The van der Waals surface area contributed by atoms with Crippen molar-refractivity contribution < 1.29 is 19.8 Å². The Balaban J connectivity index is 2.11. The van der Waals surface area contributed by atoms with Gasteiger partial charge in [-0.2, -0.15) is 0 Å². The molecule has 23 heavy (non-hydrogen) atoms. The van der Waals surface area contributed by atoms with E-state index in [-0.39, 0.29) is 16.8 Å². The summed E-state index contributed by atoms with van der Waals surface area (Å²) in [7, 11) is 0. The SMILES string of the molecule is O=C(O)c1ccc(C(=O)O)c(-n2cc(-c3ccccc3)nn2)c1. The van der Waals surface area contributed by atoms with Crippen molar-refractivity contribution in [3.05, 3.63) is 65.9 Å². The smallest absolute Gasteiger partial charge is 0.337 e. The van der Waals surface area contributed by atoms with E-state index in [1.54, 1.807) is 6.20 Å². The standard InChI is InChI=1S/C16H11N3O4/c20-15(21)11-6-7-12(16(22)23)14(8-11)19-9-13(17-18-19)10-4-2-1-3-5-10/h1-9H,(H,20,21)(H,22,23). The van der Waals surface area contributed by atoms with Gasteiger partial charge in [0.05, 0.1) is 23.0 Å². The minimum atomic E-state index is -1.17. The molecule has 0 fully saturated rings. The number of hydrogen-bond donors (Lipinski definition) is 2. The molecule has 0 aliphatic heterocycles. The van der Waals surface area contributed by atoms with Crippen molar-refractivity contribution in [3.8, 4) is 16.9 Å². The summed E-state index contributed by atoms with van der Waals surface area (Å²) in [6.07, 6.45) is 1.56. The van der Waals surface area contributed by atoms with Crippen molar-refractivity contribution in [2.45, 2.75) is 0 Å². The van der Waals surface area contributed by atoms with Gasteiger partial charge in [0.2, 0.25) is 0 Å². The van der Waals surface area contributed by atoms with Crippen LogP contribution in [0.4, 0.5) is 0 Å². The van der Waals surface area contributed by atoms with E-state index in [1.165, 1.54) is 22.9 Å². The number of carbonyl (C=O) groups is 2. The molecule has 114 valence electrons. The van der Waals surface area contributed by atoms with Crippen LogP contribution >= 0.6 is 0 Å². The first kappa shape index (κ1) is 14.5. The van der Waals surface area contributed by atoms with Gasteiger partial charge in [-0.25, -0.2) is 14.3 Å². The lowest BCUT2D eigenvalue weighted by atomic mass is 10.1. The zero-order valence-corrected chi connectivity index (χ0v) is 11.7. The summed E-state index contributed by atoms with van der Waals surface area (Å²) in [5, 5.41) is 26.3. The third-order valence-electron chi connectivity index (χ3n) is 3.28. The van der Waals surface area contributed by atoms with Crippen LogP contribution in [0.1, 0.15) is 20.7 Å². The summed E-state index contributed by atoms with van der Waals surface area (Å²) in [5.41, 5.74) is 1.45. The molecule has 0 spiro atoms. The van der Waals surface area contributed by atoms with E-state index in [0.29, 0.717) is 5.69 Å². The van der Waals surface area contributed by atoms with E-state index in [1.807, 2.05) is 30.3 Å². The number of rotatable bonds is 4. The lowest BCUT2D eigenvalue weighted by molar-refractivity contribution is 0.0681. The summed E-state index contributed by atoms with van der Waals surface area (Å²) in [5.74, 6) is -2.32. The molecule has 1 heterocycles. The second-order valence-corrected chi connectivity index (χ2v) is 4.76. The zero-order valence-electron chi connectivity index (χ0n) is 11.7. The van der Waals surface area contributed by atoms with Crippen molar-refractivity contribution in [2.75, 3.05) is 0 Å². The van der Waals surface area contributed by atoms with Crippen molar-refractivity contribution in [1.82, 2.24) is 15.0 Å². The molecule has 3 aromatic rings. The average Bonchev–Trinajstić information content (AvgIpc) is 3.05. The first-order chi connectivity index (χ1) is 11.1. The maximum Gasteiger partial charge on any atom is 0.337 e. The van der Waals surface area contributed by atoms with Gasteiger partial charge in [0.1, 0.15) is 5.69 Å². The number of nitrogens with zero attached hydrogens (tertiary/aromatic N) is 3. The first-order valence-corrected chi connectivity index (χ1v) is 6.65. The van der Waals surface area contributed by atoms with Crippen LogP contribution in [0.2, 0.25) is 0 Å². The fourth-order valence-electron chi connectivity index (χ4n) is 2.16. The van der Waals surface area contributed by atoms with Crippen molar-refractivity contribution in [2.24, 2.45) is 0 Å². The number of benzene rings is 2. The minimum absolute atomic E-state index is 0.0261. The van der Waals surface area contributed by atoms with Gasteiger partial charge < -0.3 is 10.2 Å². The molecule has 3 rings (SSSR count). The number of carboxylic acid groups (broad SMARTS) is 2. The Kier molecular flexibility index (Phi) is 3.60. The number of carboxylic acids is 2. The van der Waals surface area contributed by atoms with Crippen LogP contribution in [0, 0.1) is 0 Å². The molecule has 0 aliphatic rings. The van der Waals surface area contributed by atoms with Gasteiger partial charge in [-0.05, 0) is 18.2 Å². The topological polar surface area (TPSA) is 105 Å². The van der Waals surface area contributed by atoms with Crippen molar-refractivity contribution in [3.63, 3.8) is 0 Å². The lowest BCUT2D eigenvalue weighted by Gasteiger charge is -2.06. The highest BCUT2D eigenvalue weighted by Gasteiger charge is 2.16. The Morgan fingerprint density at radius 3 is 2.35 bits per heavy atom. The third kappa shape index (κ3) is 2.80. The number of aromatic carboxylic acids is 2. The quantitative estimate of drug-likeness (QED) is 0.766. The van der Waals surface area contributed by atoms with Crippen LogP contribution in [0.25, 0.3) is 16.9 Å². The van der Waals surface area contributed by atoms with Crippen LogP contribution in [0.5, 0.6) is 0 Å². The van der Waals surface area contributed by atoms with Crippen LogP contribution < -0.4 is 0 Å². The van der Waals surface area contributed by atoms with Crippen LogP contribution in [0.15, 0.2) is 54.7 Å². The maximum absolute atomic E-state index is 11.3. The normalized spacial score (nSPS) is 10.4. The highest BCUT2D eigenvalue weighted by atomic mass is 16.4. The molecular formula is C16H11N3O4. The molecule has 0 bridgehead atoms. The molecule has 2 N–H and O–H groups in total. The van der Waals surface area contributed by atoms with Gasteiger partial charge in [0, 0.05) is 5.56 Å². The van der Waals surface area contributed by atoms with Crippen LogP contribution in [-0.2, 0) is 0 Å². The molecular weight excluding hydrogens is 298 g/mol. The molecule has 0 atom stereocenters. The second kappa shape index (κ2) is 5.72. The third-order valence-corrected chi connectivity index (χ3v) is 3.28. The van der Waals surface area contributed by atoms with Crippen LogP contribution in [-0.4, -0.2) is 37.1 Å². The van der Waals surface area contributed by atoms with E-state index in [4.69, 9.17) is 5.11 Å². The molecule has 2 aromatic carbocycles. The predicted octanol–water partition coefficient (Wildman–Crippen LogP) is 2.33. The number of hydrogen-bond acceptors (Lipinski definition) is 4. The Hall–Kier alpha value is -3.48. The zero-order chi connectivity index (χ0) is 16.4. The number of aromatic nitrogens is 3. The second-order valence-electron chi connectivity index (χ2n) is 4.76. The predicted molar refractivity (Wildman–Crippen MR) is 80.7 cm³/mol. The largest absolute Gasteiger partial charge is 0.478 e. The molecule has 7 heteroatoms. The molecule has 0 aliphatic carbocycles. The molecule has 0 unspecified atom stereocenters. The fraction of sp³-hybridized carbons (Fsp3) is 0. The van der Waals surface area contributed by atoms with Gasteiger partial charge in [0.15, 0.2) is 0 Å². The van der Waals surface area contributed by atoms with Gasteiger partial charge >= 0.3 is 11.9 Å². The van der Waals surface area contributed by atoms with Crippen LogP contribution in [0.3, 0.4) is 0 Å². The first-order valence-electron chi connectivity index (χ1n) is 6.65. The maximum atomic E-state index is 11.3. The summed E-state index contributed by atoms with van der Waals surface area (Å²) >= 11 is 0. The Bertz CT molecular complexity index is 887.